The molecule has 1 aromatic rings. The van der Waals surface area contributed by atoms with Crippen molar-refractivity contribution in [1.82, 2.24) is 10.1 Å². The molecule has 0 spiro atoms. The Kier molecular flexibility index (Phi) is 2.90. The molecule has 1 saturated carbocycles. The van der Waals surface area contributed by atoms with E-state index in [1.54, 1.807) is 0 Å². The average molecular weight is 210 g/mol. The second-order valence-electron chi connectivity index (χ2n) is 4.22. The van der Waals surface area contributed by atoms with Crippen LogP contribution in [0, 0.1) is 0 Å². The van der Waals surface area contributed by atoms with Gasteiger partial charge in [0.05, 0.1) is 0 Å². The standard InChI is InChI=1S/C10H18N4O/c1-3-14(2)10-12-9(15-13-10)7-4-5-8(11)6-7/h7-8H,3-6,11H2,1-2H3/t7-,8+/m1/s1. The van der Waals surface area contributed by atoms with E-state index in [9.17, 15) is 0 Å². The zero-order valence-corrected chi connectivity index (χ0v) is 9.31. The van der Waals surface area contributed by atoms with Crippen molar-refractivity contribution in [3.05, 3.63) is 5.89 Å². The second-order valence-corrected chi connectivity index (χ2v) is 4.22. The normalized spacial score (nSPS) is 25.8. The predicted octanol–water partition coefficient (Wildman–Crippen LogP) is 1.12. The van der Waals surface area contributed by atoms with E-state index in [1.807, 2.05) is 11.9 Å². The van der Waals surface area contributed by atoms with Gasteiger partial charge in [0.25, 0.3) is 5.95 Å². The number of anilines is 1. The van der Waals surface area contributed by atoms with E-state index in [0.29, 0.717) is 17.9 Å². The highest BCUT2D eigenvalue weighted by atomic mass is 16.5. The summed E-state index contributed by atoms with van der Waals surface area (Å²) in [6, 6.07) is 0.300. The highest BCUT2D eigenvalue weighted by molar-refractivity contribution is 5.25. The first-order valence-electron chi connectivity index (χ1n) is 5.51. The topological polar surface area (TPSA) is 68.2 Å². The lowest BCUT2D eigenvalue weighted by Gasteiger charge is -2.09. The lowest BCUT2D eigenvalue weighted by molar-refractivity contribution is 0.353. The fraction of sp³-hybridized carbons (Fsp3) is 0.800. The number of hydrogen-bond donors (Lipinski definition) is 1. The number of hydrogen-bond acceptors (Lipinski definition) is 5. The average Bonchev–Trinajstić information content (AvgIpc) is 2.84. The first-order valence-corrected chi connectivity index (χ1v) is 5.51. The van der Waals surface area contributed by atoms with Gasteiger partial charge >= 0.3 is 0 Å². The summed E-state index contributed by atoms with van der Waals surface area (Å²) in [6.07, 6.45) is 3.10. The maximum Gasteiger partial charge on any atom is 0.265 e. The summed E-state index contributed by atoms with van der Waals surface area (Å²) in [6.45, 7) is 2.94. The van der Waals surface area contributed by atoms with Crippen LogP contribution in [0.25, 0.3) is 0 Å². The highest BCUT2D eigenvalue weighted by Gasteiger charge is 2.28. The molecule has 0 amide bonds. The molecule has 2 atom stereocenters. The van der Waals surface area contributed by atoms with E-state index in [2.05, 4.69) is 17.1 Å². The van der Waals surface area contributed by atoms with Crippen LogP contribution in [0.2, 0.25) is 0 Å². The van der Waals surface area contributed by atoms with Gasteiger partial charge in [-0.2, -0.15) is 4.98 Å². The molecular formula is C10H18N4O. The van der Waals surface area contributed by atoms with Crippen molar-refractivity contribution in [3.8, 4) is 0 Å². The Morgan fingerprint density at radius 1 is 1.53 bits per heavy atom. The van der Waals surface area contributed by atoms with Gasteiger partial charge in [0.1, 0.15) is 0 Å². The molecule has 1 heterocycles. The van der Waals surface area contributed by atoms with Gasteiger partial charge in [-0.05, 0) is 31.3 Å². The summed E-state index contributed by atoms with van der Waals surface area (Å²) in [4.78, 5) is 6.35. The van der Waals surface area contributed by atoms with Crippen LogP contribution >= 0.6 is 0 Å². The number of aromatic nitrogens is 2. The third-order valence-electron chi connectivity index (χ3n) is 3.07. The van der Waals surface area contributed by atoms with Crippen molar-refractivity contribution >= 4 is 5.95 Å². The molecule has 0 aromatic carbocycles. The summed E-state index contributed by atoms with van der Waals surface area (Å²) < 4.78 is 5.26. The highest BCUT2D eigenvalue weighted by Crippen LogP contribution is 2.32. The maximum atomic E-state index is 5.85. The third-order valence-corrected chi connectivity index (χ3v) is 3.07. The Morgan fingerprint density at radius 3 is 2.93 bits per heavy atom. The summed E-state index contributed by atoms with van der Waals surface area (Å²) >= 11 is 0. The Hall–Kier alpha value is -1.10. The molecule has 5 nitrogen and oxygen atoms in total. The zero-order valence-electron chi connectivity index (χ0n) is 9.31. The lowest BCUT2D eigenvalue weighted by atomic mass is 10.1. The Morgan fingerprint density at radius 2 is 2.33 bits per heavy atom. The molecule has 84 valence electrons. The van der Waals surface area contributed by atoms with Crippen LogP contribution in [0.15, 0.2) is 4.52 Å². The van der Waals surface area contributed by atoms with E-state index < -0.39 is 0 Å². The van der Waals surface area contributed by atoms with Gasteiger partial charge in [-0.25, -0.2) is 0 Å². The largest absolute Gasteiger partial charge is 0.342 e. The second kappa shape index (κ2) is 4.18. The fourth-order valence-electron chi connectivity index (χ4n) is 1.93. The maximum absolute atomic E-state index is 5.85. The lowest BCUT2D eigenvalue weighted by Crippen LogP contribution is -2.17. The van der Waals surface area contributed by atoms with Crippen LogP contribution in [-0.4, -0.2) is 29.8 Å². The van der Waals surface area contributed by atoms with Crippen LogP contribution in [-0.2, 0) is 0 Å². The van der Waals surface area contributed by atoms with Gasteiger partial charge in [-0.15, -0.1) is 0 Å². The van der Waals surface area contributed by atoms with E-state index >= 15 is 0 Å². The van der Waals surface area contributed by atoms with E-state index in [1.165, 1.54) is 0 Å². The van der Waals surface area contributed by atoms with Gasteiger partial charge in [0, 0.05) is 25.6 Å². The minimum Gasteiger partial charge on any atom is -0.342 e. The SMILES string of the molecule is CCN(C)c1noc([C@@H]2CC[C@H](N)C2)n1. The van der Waals surface area contributed by atoms with Crippen molar-refractivity contribution in [2.45, 2.75) is 38.1 Å². The summed E-state index contributed by atoms with van der Waals surface area (Å²) in [5.41, 5.74) is 5.85. The fourth-order valence-corrected chi connectivity index (χ4v) is 1.93. The minimum atomic E-state index is 0.300. The van der Waals surface area contributed by atoms with Crippen LogP contribution in [0.4, 0.5) is 5.95 Å². The molecule has 0 unspecified atom stereocenters. The molecule has 2 rings (SSSR count). The summed E-state index contributed by atoms with van der Waals surface area (Å²) in [5.74, 6) is 1.79. The number of rotatable bonds is 3. The first-order chi connectivity index (χ1) is 7.20. The predicted molar refractivity (Wildman–Crippen MR) is 57.8 cm³/mol. The van der Waals surface area contributed by atoms with Crippen LogP contribution in [0.5, 0.6) is 0 Å². The van der Waals surface area contributed by atoms with Gasteiger partial charge in [0.2, 0.25) is 5.89 Å². The van der Waals surface area contributed by atoms with Gasteiger partial charge in [0.15, 0.2) is 0 Å². The minimum absolute atomic E-state index is 0.300. The Balaban J connectivity index is 2.07. The van der Waals surface area contributed by atoms with E-state index in [-0.39, 0.29) is 0 Å². The monoisotopic (exact) mass is 210 g/mol. The Labute approximate surface area is 89.6 Å². The van der Waals surface area contributed by atoms with Gasteiger partial charge < -0.3 is 15.2 Å². The molecule has 5 heteroatoms. The Bertz CT molecular complexity index is 325. The summed E-state index contributed by atoms with van der Waals surface area (Å²) in [7, 11) is 1.95. The zero-order chi connectivity index (χ0) is 10.8. The number of nitrogens with two attached hydrogens (primary N) is 1. The van der Waals surface area contributed by atoms with Crippen LogP contribution < -0.4 is 10.6 Å². The molecule has 0 aliphatic heterocycles. The molecule has 15 heavy (non-hydrogen) atoms. The molecule has 1 aromatic heterocycles. The molecule has 0 saturated heterocycles. The third kappa shape index (κ3) is 2.12. The quantitative estimate of drug-likeness (QED) is 0.809. The van der Waals surface area contributed by atoms with Crippen molar-refractivity contribution in [1.29, 1.82) is 0 Å². The molecular weight excluding hydrogens is 192 g/mol. The molecule has 0 bridgehead atoms. The number of nitrogens with zero attached hydrogens (tertiary/aromatic N) is 3. The van der Waals surface area contributed by atoms with Gasteiger partial charge in [-0.1, -0.05) is 0 Å². The molecule has 2 N–H and O–H groups in total. The molecule has 0 radical (unpaired) electrons. The van der Waals surface area contributed by atoms with E-state index in [0.717, 1.165) is 31.7 Å². The summed E-state index contributed by atoms with van der Waals surface area (Å²) in [5, 5.41) is 3.96. The molecule has 1 aliphatic rings. The van der Waals surface area contributed by atoms with Crippen molar-refractivity contribution < 1.29 is 4.52 Å². The van der Waals surface area contributed by atoms with Crippen molar-refractivity contribution in [3.63, 3.8) is 0 Å². The van der Waals surface area contributed by atoms with Crippen molar-refractivity contribution in [2.24, 2.45) is 5.73 Å². The molecule has 1 fully saturated rings. The van der Waals surface area contributed by atoms with Crippen LogP contribution in [0.3, 0.4) is 0 Å². The molecule has 1 aliphatic carbocycles. The van der Waals surface area contributed by atoms with Gasteiger partial charge in [-0.3, -0.25) is 0 Å². The first kappa shape index (κ1) is 10.4. The smallest absolute Gasteiger partial charge is 0.265 e. The van der Waals surface area contributed by atoms with Crippen LogP contribution in [0.1, 0.15) is 38.0 Å². The van der Waals surface area contributed by atoms with E-state index in [4.69, 9.17) is 10.3 Å². The van der Waals surface area contributed by atoms with Crippen molar-refractivity contribution in [2.75, 3.05) is 18.5 Å².